The number of sulfonamides is 1. The van der Waals surface area contributed by atoms with Crippen molar-refractivity contribution >= 4 is 15.7 Å². The van der Waals surface area contributed by atoms with Crippen LogP contribution in [0.15, 0.2) is 29.4 Å². The summed E-state index contributed by atoms with van der Waals surface area (Å²) in [4.78, 5) is -0.430. The number of rotatable bonds is 6. The van der Waals surface area contributed by atoms with Crippen molar-refractivity contribution in [3.05, 3.63) is 35.9 Å². The monoisotopic (exact) mass is 313 g/mol. The smallest absolute Gasteiger partial charge is 0.243 e. The third-order valence-corrected chi connectivity index (χ3v) is 4.32. The fourth-order valence-corrected chi connectivity index (χ4v) is 3.09. The Bertz CT molecular complexity index is 715. The number of hydrogen-bond acceptors (Lipinski definition) is 5. The Kier molecular flexibility index (Phi) is 4.53. The fourth-order valence-electron chi connectivity index (χ4n) is 1.84. The lowest BCUT2D eigenvalue weighted by Crippen LogP contribution is -2.26. The van der Waals surface area contributed by atoms with Gasteiger partial charge in [0.1, 0.15) is 10.7 Å². The van der Waals surface area contributed by atoms with Gasteiger partial charge in [-0.25, -0.2) is 17.5 Å². The quantitative estimate of drug-likeness (QED) is 0.603. The van der Waals surface area contributed by atoms with E-state index in [0.717, 1.165) is 6.07 Å². The molecule has 1 heterocycles. The Balaban J connectivity index is 2.02. The number of hydrogen-bond donors (Lipinski definition) is 2. The summed E-state index contributed by atoms with van der Waals surface area (Å²) in [7, 11) is -3.93. The molecule has 0 fully saturated rings. The second-order valence-corrected chi connectivity index (χ2v) is 6.30. The lowest BCUT2D eigenvalue weighted by atomic mass is 10.2. The van der Waals surface area contributed by atoms with Crippen molar-refractivity contribution < 1.29 is 12.8 Å². The number of anilines is 1. The molecule has 3 N–H and O–H groups in total. The van der Waals surface area contributed by atoms with Gasteiger partial charge in [-0.3, -0.25) is 4.68 Å². The Labute approximate surface area is 122 Å². The van der Waals surface area contributed by atoms with Gasteiger partial charge in [-0.1, -0.05) is 5.21 Å². The highest BCUT2D eigenvalue weighted by Crippen LogP contribution is 2.21. The molecular formula is C12H16FN5O2S. The lowest BCUT2D eigenvalue weighted by molar-refractivity contribution is 0.534. The summed E-state index contributed by atoms with van der Waals surface area (Å²) < 4.78 is 42.0. The molecule has 9 heteroatoms. The summed E-state index contributed by atoms with van der Waals surface area (Å²) in [6.07, 6.45) is 3.72. The molecule has 21 heavy (non-hydrogen) atoms. The summed E-state index contributed by atoms with van der Waals surface area (Å²) in [6.45, 7) is 2.14. The second kappa shape index (κ2) is 6.19. The zero-order valence-electron chi connectivity index (χ0n) is 11.5. The average Bonchev–Trinajstić information content (AvgIpc) is 2.92. The number of nitrogen functional groups attached to an aromatic ring is 1. The number of nitrogens with zero attached hydrogens (tertiary/aromatic N) is 3. The first-order valence-electron chi connectivity index (χ1n) is 6.29. The van der Waals surface area contributed by atoms with Gasteiger partial charge in [-0.15, -0.1) is 5.10 Å². The van der Waals surface area contributed by atoms with E-state index >= 15 is 0 Å². The van der Waals surface area contributed by atoms with Crippen LogP contribution in [0.4, 0.5) is 10.1 Å². The molecule has 0 saturated carbocycles. The van der Waals surface area contributed by atoms with Crippen LogP contribution in [-0.4, -0.2) is 30.0 Å². The number of nitrogens with one attached hydrogen (secondary N) is 1. The van der Waals surface area contributed by atoms with Crippen LogP contribution in [0.25, 0.3) is 0 Å². The lowest BCUT2D eigenvalue weighted by Gasteiger charge is -2.10. The van der Waals surface area contributed by atoms with Crippen molar-refractivity contribution in [1.29, 1.82) is 0 Å². The van der Waals surface area contributed by atoms with Gasteiger partial charge in [0.25, 0.3) is 0 Å². The normalized spacial score (nSPS) is 11.7. The molecule has 0 aliphatic carbocycles. The van der Waals surface area contributed by atoms with Gasteiger partial charge < -0.3 is 5.73 Å². The maximum Gasteiger partial charge on any atom is 0.243 e. The highest BCUT2D eigenvalue weighted by molar-refractivity contribution is 7.89. The molecule has 0 saturated heterocycles. The largest absolute Gasteiger partial charge is 0.399 e. The highest BCUT2D eigenvalue weighted by Gasteiger charge is 2.20. The Hall–Kier alpha value is -2.00. The molecule has 2 rings (SSSR count). The summed E-state index contributed by atoms with van der Waals surface area (Å²) in [5, 5.41) is 7.40. The molecule has 0 aliphatic heterocycles. The van der Waals surface area contributed by atoms with E-state index in [9.17, 15) is 12.8 Å². The van der Waals surface area contributed by atoms with Gasteiger partial charge in [0.2, 0.25) is 10.0 Å². The zero-order valence-corrected chi connectivity index (χ0v) is 12.3. The van der Waals surface area contributed by atoms with Crippen LogP contribution in [0, 0.1) is 12.7 Å². The first kappa shape index (κ1) is 15.4. The second-order valence-electron chi connectivity index (χ2n) is 4.57. The first-order valence-corrected chi connectivity index (χ1v) is 7.78. The molecule has 0 radical (unpaired) electrons. The van der Waals surface area contributed by atoms with Gasteiger partial charge in [0, 0.05) is 25.0 Å². The molecule has 0 spiro atoms. The Morgan fingerprint density at radius 3 is 2.86 bits per heavy atom. The third kappa shape index (κ3) is 3.76. The number of nitrogens with two attached hydrogens (primary N) is 1. The molecule has 7 nitrogen and oxygen atoms in total. The molecule has 1 aromatic carbocycles. The van der Waals surface area contributed by atoms with Gasteiger partial charge in [0.15, 0.2) is 0 Å². The van der Waals surface area contributed by atoms with Crippen LogP contribution >= 0.6 is 0 Å². The molecule has 0 atom stereocenters. The first-order chi connectivity index (χ1) is 9.90. The molecule has 0 aliphatic rings. The van der Waals surface area contributed by atoms with Crippen LogP contribution < -0.4 is 10.5 Å². The summed E-state index contributed by atoms with van der Waals surface area (Å²) >= 11 is 0. The molecule has 0 bridgehead atoms. The van der Waals surface area contributed by atoms with Crippen LogP contribution in [0.2, 0.25) is 0 Å². The topological polar surface area (TPSA) is 103 Å². The minimum absolute atomic E-state index is 0.162. The molecule has 1 aromatic heterocycles. The SMILES string of the molecule is Cc1cc(N)cc(S(=O)(=O)NCCCn2ccnn2)c1F. The molecular weight excluding hydrogens is 297 g/mol. The van der Waals surface area contributed by atoms with E-state index in [-0.39, 0.29) is 17.8 Å². The van der Waals surface area contributed by atoms with Crippen molar-refractivity contribution in [3.63, 3.8) is 0 Å². The minimum Gasteiger partial charge on any atom is -0.399 e. The Morgan fingerprint density at radius 2 is 2.19 bits per heavy atom. The van der Waals surface area contributed by atoms with Gasteiger partial charge in [-0.05, 0) is 31.0 Å². The summed E-state index contributed by atoms with van der Waals surface area (Å²) in [5.74, 6) is -0.784. The molecule has 114 valence electrons. The minimum atomic E-state index is -3.93. The van der Waals surface area contributed by atoms with E-state index in [1.807, 2.05) is 0 Å². The highest BCUT2D eigenvalue weighted by atomic mass is 32.2. The van der Waals surface area contributed by atoms with E-state index in [1.54, 1.807) is 10.9 Å². The standard InChI is InChI=1S/C12H16FN5O2S/c1-9-7-10(14)8-11(12(9)13)21(19,20)16-3-2-5-18-6-4-15-17-18/h4,6-8,16H,2-3,5,14H2,1H3. The van der Waals surface area contributed by atoms with Crippen LogP contribution in [0.5, 0.6) is 0 Å². The third-order valence-electron chi connectivity index (χ3n) is 2.86. The predicted molar refractivity (Wildman–Crippen MR) is 75.4 cm³/mol. The molecule has 0 unspecified atom stereocenters. The Morgan fingerprint density at radius 1 is 1.43 bits per heavy atom. The van der Waals surface area contributed by atoms with E-state index in [2.05, 4.69) is 15.0 Å². The van der Waals surface area contributed by atoms with Crippen molar-refractivity contribution in [3.8, 4) is 0 Å². The van der Waals surface area contributed by atoms with Crippen LogP contribution in [0.3, 0.4) is 0 Å². The van der Waals surface area contributed by atoms with Crippen molar-refractivity contribution in [2.24, 2.45) is 0 Å². The van der Waals surface area contributed by atoms with E-state index in [4.69, 9.17) is 5.73 Å². The van der Waals surface area contributed by atoms with E-state index < -0.39 is 20.7 Å². The van der Waals surface area contributed by atoms with Gasteiger partial charge in [-0.2, -0.15) is 0 Å². The number of aromatic nitrogens is 3. The number of aryl methyl sites for hydroxylation is 2. The predicted octanol–water partition coefficient (Wildman–Crippen LogP) is 0.676. The molecule has 0 amide bonds. The van der Waals surface area contributed by atoms with Crippen molar-refractivity contribution in [2.45, 2.75) is 24.8 Å². The maximum absolute atomic E-state index is 13.9. The maximum atomic E-state index is 13.9. The number of halogens is 1. The van der Waals surface area contributed by atoms with E-state index in [1.165, 1.54) is 19.2 Å². The van der Waals surface area contributed by atoms with Gasteiger partial charge >= 0.3 is 0 Å². The van der Waals surface area contributed by atoms with Crippen LogP contribution in [0.1, 0.15) is 12.0 Å². The van der Waals surface area contributed by atoms with E-state index in [0.29, 0.717) is 13.0 Å². The van der Waals surface area contributed by atoms with Gasteiger partial charge in [0.05, 0.1) is 6.20 Å². The van der Waals surface area contributed by atoms with Crippen molar-refractivity contribution in [1.82, 2.24) is 19.7 Å². The number of benzene rings is 1. The average molecular weight is 313 g/mol. The fraction of sp³-hybridized carbons (Fsp3) is 0.333. The summed E-state index contributed by atoms with van der Waals surface area (Å²) in [5.41, 5.74) is 5.96. The van der Waals surface area contributed by atoms with Crippen molar-refractivity contribution in [2.75, 3.05) is 12.3 Å². The summed E-state index contributed by atoms with van der Waals surface area (Å²) in [6, 6.07) is 2.50. The zero-order chi connectivity index (χ0) is 15.5. The van der Waals surface area contributed by atoms with Crippen LogP contribution in [-0.2, 0) is 16.6 Å². The molecule has 2 aromatic rings.